The van der Waals surface area contributed by atoms with Crippen molar-refractivity contribution in [2.45, 2.75) is 13.1 Å². The van der Waals surface area contributed by atoms with Crippen molar-refractivity contribution in [3.8, 4) is 11.5 Å². The fourth-order valence-corrected chi connectivity index (χ4v) is 2.69. The van der Waals surface area contributed by atoms with E-state index in [9.17, 15) is 5.11 Å². The summed E-state index contributed by atoms with van der Waals surface area (Å²) in [6, 6.07) is 7.26. The number of hydrogen-bond donors (Lipinski definition) is 2. The summed E-state index contributed by atoms with van der Waals surface area (Å²) < 4.78 is 4.99. The third-order valence-corrected chi connectivity index (χ3v) is 3.94. The Balaban J connectivity index is 1.91. The minimum Gasteiger partial charge on any atom is -0.504 e. The molecule has 2 rings (SSSR count). The van der Waals surface area contributed by atoms with Crippen LogP contribution in [-0.2, 0) is 13.1 Å². The third kappa shape index (κ3) is 3.16. The van der Waals surface area contributed by atoms with Crippen LogP contribution >= 0.6 is 22.9 Å². The maximum atomic E-state index is 9.65. The Morgan fingerprint density at radius 3 is 2.78 bits per heavy atom. The molecule has 1 aromatic carbocycles. The van der Waals surface area contributed by atoms with E-state index in [0.717, 1.165) is 22.0 Å². The van der Waals surface area contributed by atoms with Crippen LogP contribution in [0, 0.1) is 0 Å². The van der Waals surface area contributed by atoms with Crippen LogP contribution in [0.25, 0.3) is 0 Å². The molecule has 0 aliphatic rings. The molecule has 18 heavy (non-hydrogen) atoms. The molecule has 3 nitrogen and oxygen atoms in total. The molecule has 1 heterocycles. The summed E-state index contributed by atoms with van der Waals surface area (Å²) in [5.74, 6) is 0.644. The average Bonchev–Trinajstić information content (AvgIpc) is 2.75. The zero-order valence-electron chi connectivity index (χ0n) is 9.94. The molecule has 0 unspecified atom stereocenters. The number of aromatic hydroxyl groups is 1. The lowest BCUT2D eigenvalue weighted by molar-refractivity contribution is 0.373. The fraction of sp³-hybridized carbons (Fsp3) is 0.231. The van der Waals surface area contributed by atoms with Gasteiger partial charge in [0.15, 0.2) is 11.5 Å². The standard InChI is InChI=1S/C13H14ClNO2S/c1-17-12-3-2-9(6-11(12)16)7-15-8-13-10(14)4-5-18-13/h2-6,15-16H,7-8H2,1H3. The molecule has 96 valence electrons. The number of nitrogens with one attached hydrogen (secondary N) is 1. The lowest BCUT2D eigenvalue weighted by atomic mass is 10.2. The normalized spacial score (nSPS) is 10.6. The number of benzene rings is 1. The van der Waals surface area contributed by atoms with Crippen LogP contribution < -0.4 is 10.1 Å². The monoisotopic (exact) mass is 283 g/mol. The summed E-state index contributed by atoms with van der Waals surface area (Å²) in [6.45, 7) is 1.40. The van der Waals surface area contributed by atoms with Crippen molar-refractivity contribution in [1.29, 1.82) is 0 Å². The van der Waals surface area contributed by atoms with Gasteiger partial charge in [-0.25, -0.2) is 0 Å². The highest BCUT2D eigenvalue weighted by atomic mass is 35.5. The van der Waals surface area contributed by atoms with Crippen LogP contribution in [0.15, 0.2) is 29.6 Å². The number of phenols is 1. The van der Waals surface area contributed by atoms with Gasteiger partial charge in [0.25, 0.3) is 0 Å². The first-order valence-corrected chi connectivity index (χ1v) is 6.75. The number of thiophene rings is 1. The lowest BCUT2D eigenvalue weighted by Crippen LogP contribution is -2.11. The van der Waals surface area contributed by atoms with Crippen molar-refractivity contribution in [2.24, 2.45) is 0 Å². The Morgan fingerprint density at radius 1 is 1.33 bits per heavy atom. The van der Waals surface area contributed by atoms with Crippen molar-refractivity contribution in [3.05, 3.63) is 45.1 Å². The third-order valence-electron chi connectivity index (χ3n) is 2.55. The molecule has 0 atom stereocenters. The zero-order valence-corrected chi connectivity index (χ0v) is 11.5. The SMILES string of the molecule is COc1ccc(CNCc2sccc2Cl)cc1O. The Labute approximate surface area is 115 Å². The molecule has 0 aliphatic carbocycles. The summed E-state index contributed by atoms with van der Waals surface area (Å²) in [4.78, 5) is 1.12. The van der Waals surface area contributed by atoms with E-state index in [1.54, 1.807) is 23.5 Å². The van der Waals surface area contributed by atoms with E-state index < -0.39 is 0 Å². The minimum atomic E-state index is 0.158. The molecule has 1 aromatic heterocycles. The van der Waals surface area contributed by atoms with Crippen LogP contribution in [0.3, 0.4) is 0 Å². The van der Waals surface area contributed by atoms with Gasteiger partial charge in [0.2, 0.25) is 0 Å². The highest BCUT2D eigenvalue weighted by molar-refractivity contribution is 7.10. The summed E-state index contributed by atoms with van der Waals surface area (Å²) in [7, 11) is 1.53. The molecule has 2 N–H and O–H groups in total. The van der Waals surface area contributed by atoms with E-state index in [4.69, 9.17) is 16.3 Å². The maximum absolute atomic E-state index is 9.65. The molecule has 0 amide bonds. The van der Waals surface area contributed by atoms with E-state index in [0.29, 0.717) is 12.3 Å². The van der Waals surface area contributed by atoms with Gasteiger partial charge in [-0.15, -0.1) is 11.3 Å². The summed E-state index contributed by atoms with van der Waals surface area (Å²) in [6.07, 6.45) is 0. The second-order valence-electron chi connectivity index (χ2n) is 3.80. The van der Waals surface area contributed by atoms with Crippen LogP contribution in [0.1, 0.15) is 10.4 Å². The highest BCUT2D eigenvalue weighted by Crippen LogP contribution is 2.26. The Morgan fingerprint density at radius 2 is 2.17 bits per heavy atom. The first-order chi connectivity index (χ1) is 8.70. The molecule has 5 heteroatoms. The largest absolute Gasteiger partial charge is 0.504 e. The Bertz CT molecular complexity index is 527. The number of methoxy groups -OCH3 is 1. The van der Waals surface area contributed by atoms with Gasteiger partial charge in [-0.05, 0) is 29.1 Å². The van der Waals surface area contributed by atoms with Crippen LogP contribution in [0.4, 0.5) is 0 Å². The van der Waals surface area contributed by atoms with Crippen molar-refractivity contribution >= 4 is 22.9 Å². The molecule has 0 fully saturated rings. The zero-order chi connectivity index (χ0) is 13.0. The fourth-order valence-electron chi connectivity index (χ4n) is 1.62. The molecule has 0 spiro atoms. The van der Waals surface area contributed by atoms with Gasteiger partial charge >= 0.3 is 0 Å². The van der Waals surface area contributed by atoms with E-state index in [-0.39, 0.29) is 5.75 Å². The molecule has 0 aliphatic heterocycles. The molecular weight excluding hydrogens is 270 g/mol. The highest BCUT2D eigenvalue weighted by Gasteiger charge is 2.04. The van der Waals surface area contributed by atoms with Gasteiger partial charge in [0.1, 0.15) is 0 Å². The van der Waals surface area contributed by atoms with Gasteiger partial charge in [0.05, 0.1) is 12.1 Å². The van der Waals surface area contributed by atoms with E-state index in [1.165, 1.54) is 7.11 Å². The van der Waals surface area contributed by atoms with E-state index in [2.05, 4.69) is 5.32 Å². The van der Waals surface area contributed by atoms with Crippen molar-refractivity contribution in [2.75, 3.05) is 7.11 Å². The summed E-state index contributed by atoms with van der Waals surface area (Å²) >= 11 is 7.63. The molecule has 0 radical (unpaired) electrons. The number of rotatable bonds is 5. The molecule has 0 saturated carbocycles. The van der Waals surface area contributed by atoms with Gasteiger partial charge in [-0.1, -0.05) is 17.7 Å². The number of ether oxygens (including phenoxy) is 1. The number of hydrogen-bond acceptors (Lipinski definition) is 4. The first kappa shape index (κ1) is 13.2. The van der Waals surface area contributed by atoms with Crippen molar-refractivity contribution in [1.82, 2.24) is 5.32 Å². The van der Waals surface area contributed by atoms with Crippen LogP contribution in [-0.4, -0.2) is 12.2 Å². The molecule has 2 aromatic rings. The van der Waals surface area contributed by atoms with Gasteiger partial charge < -0.3 is 15.2 Å². The molecular formula is C13H14ClNO2S. The van der Waals surface area contributed by atoms with E-state index >= 15 is 0 Å². The van der Waals surface area contributed by atoms with Gasteiger partial charge in [-0.3, -0.25) is 0 Å². The van der Waals surface area contributed by atoms with Gasteiger partial charge in [0, 0.05) is 18.0 Å². The Hall–Kier alpha value is -1.23. The predicted molar refractivity (Wildman–Crippen MR) is 74.5 cm³/mol. The average molecular weight is 284 g/mol. The quantitative estimate of drug-likeness (QED) is 0.884. The first-order valence-electron chi connectivity index (χ1n) is 5.49. The predicted octanol–water partition coefficient (Wildman–Crippen LogP) is 3.41. The van der Waals surface area contributed by atoms with Crippen LogP contribution in [0.2, 0.25) is 5.02 Å². The maximum Gasteiger partial charge on any atom is 0.160 e. The van der Waals surface area contributed by atoms with Crippen molar-refractivity contribution < 1.29 is 9.84 Å². The second kappa shape index (κ2) is 6.09. The van der Waals surface area contributed by atoms with E-state index in [1.807, 2.05) is 17.5 Å². The molecule has 0 bridgehead atoms. The van der Waals surface area contributed by atoms with Gasteiger partial charge in [-0.2, -0.15) is 0 Å². The lowest BCUT2D eigenvalue weighted by Gasteiger charge is -2.07. The smallest absolute Gasteiger partial charge is 0.160 e. The molecule has 0 saturated heterocycles. The topological polar surface area (TPSA) is 41.5 Å². The Kier molecular flexibility index (Phi) is 4.47. The second-order valence-corrected chi connectivity index (χ2v) is 5.21. The number of phenolic OH excluding ortho intramolecular Hbond substituents is 1. The summed E-state index contributed by atoms with van der Waals surface area (Å²) in [5, 5.41) is 15.7. The number of halogens is 1. The van der Waals surface area contributed by atoms with Crippen LogP contribution in [0.5, 0.6) is 11.5 Å². The van der Waals surface area contributed by atoms with Crippen molar-refractivity contribution in [3.63, 3.8) is 0 Å². The minimum absolute atomic E-state index is 0.158. The summed E-state index contributed by atoms with van der Waals surface area (Å²) in [5.41, 5.74) is 1.00.